The maximum Gasteiger partial charge on any atom is 0.248 e. The first-order chi connectivity index (χ1) is 9.28. The second kappa shape index (κ2) is 6.55. The Morgan fingerprint density at radius 2 is 1.89 bits per heavy atom. The molecule has 19 heavy (non-hydrogen) atoms. The summed E-state index contributed by atoms with van der Waals surface area (Å²) >= 11 is 0. The van der Waals surface area contributed by atoms with Gasteiger partial charge in [0.2, 0.25) is 5.91 Å². The van der Waals surface area contributed by atoms with E-state index in [-0.39, 0.29) is 5.91 Å². The first-order valence-corrected chi connectivity index (χ1v) is 6.41. The zero-order valence-corrected chi connectivity index (χ0v) is 11.0. The summed E-state index contributed by atoms with van der Waals surface area (Å²) in [5.41, 5.74) is 3.06. The third-order valence-corrected chi connectivity index (χ3v) is 2.83. The van der Waals surface area contributed by atoms with Crippen molar-refractivity contribution in [1.29, 1.82) is 0 Å². The van der Waals surface area contributed by atoms with E-state index in [9.17, 15) is 4.79 Å². The molecule has 0 aliphatic carbocycles. The number of amides is 1. The fraction of sp³-hybridized carbons (Fsp3) is 0.118. The van der Waals surface area contributed by atoms with Crippen molar-refractivity contribution in [2.45, 2.75) is 13.3 Å². The lowest BCUT2D eigenvalue weighted by molar-refractivity contribution is -0.111. The van der Waals surface area contributed by atoms with Gasteiger partial charge in [-0.3, -0.25) is 4.79 Å². The molecule has 0 aromatic heterocycles. The van der Waals surface area contributed by atoms with E-state index < -0.39 is 0 Å². The van der Waals surface area contributed by atoms with Crippen molar-refractivity contribution in [2.24, 2.45) is 0 Å². The largest absolute Gasteiger partial charge is 0.323 e. The smallest absolute Gasteiger partial charge is 0.248 e. The van der Waals surface area contributed by atoms with Crippen LogP contribution in [-0.2, 0) is 11.2 Å². The van der Waals surface area contributed by atoms with Gasteiger partial charge in [-0.05, 0) is 35.8 Å². The molecule has 2 rings (SSSR count). The molecule has 1 N–H and O–H groups in total. The fourth-order valence-corrected chi connectivity index (χ4v) is 1.79. The van der Waals surface area contributed by atoms with E-state index in [1.807, 2.05) is 48.5 Å². The Morgan fingerprint density at radius 3 is 2.63 bits per heavy atom. The van der Waals surface area contributed by atoms with Crippen molar-refractivity contribution >= 4 is 17.7 Å². The standard InChI is InChI=1S/C17H17NO/c1-2-14-9-6-10-16(13-14)18-17(19)12-11-15-7-4-3-5-8-15/h3-13H,2H2,1H3,(H,18,19)/b12-11+. The number of carbonyl (C=O) groups excluding carboxylic acids is 1. The topological polar surface area (TPSA) is 29.1 Å². The number of hydrogen-bond donors (Lipinski definition) is 1. The van der Waals surface area contributed by atoms with Gasteiger partial charge in [-0.2, -0.15) is 0 Å². The molecule has 1 amide bonds. The van der Waals surface area contributed by atoms with E-state index in [0.717, 1.165) is 17.7 Å². The van der Waals surface area contributed by atoms with Crippen LogP contribution in [0, 0.1) is 0 Å². The van der Waals surface area contributed by atoms with E-state index in [4.69, 9.17) is 0 Å². The van der Waals surface area contributed by atoms with Gasteiger partial charge in [-0.1, -0.05) is 49.4 Å². The van der Waals surface area contributed by atoms with Crippen molar-refractivity contribution in [3.05, 3.63) is 71.8 Å². The molecule has 0 aliphatic rings. The van der Waals surface area contributed by atoms with Crippen molar-refractivity contribution in [2.75, 3.05) is 5.32 Å². The molecule has 0 unspecified atom stereocenters. The van der Waals surface area contributed by atoms with Crippen LogP contribution in [0.3, 0.4) is 0 Å². The number of carbonyl (C=O) groups is 1. The summed E-state index contributed by atoms with van der Waals surface area (Å²) in [6, 6.07) is 17.7. The van der Waals surface area contributed by atoms with Crippen LogP contribution in [0.5, 0.6) is 0 Å². The average Bonchev–Trinajstić information content (AvgIpc) is 2.46. The Hall–Kier alpha value is -2.35. The van der Waals surface area contributed by atoms with Gasteiger partial charge >= 0.3 is 0 Å². The minimum Gasteiger partial charge on any atom is -0.323 e. The first kappa shape index (κ1) is 13.1. The highest BCUT2D eigenvalue weighted by atomic mass is 16.1. The molecule has 0 saturated carbocycles. The second-order valence-corrected chi connectivity index (χ2v) is 4.29. The maximum atomic E-state index is 11.8. The van der Waals surface area contributed by atoms with Crippen LogP contribution in [-0.4, -0.2) is 5.91 Å². The van der Waals surface area contributed by atoms with Crippen molar-refractivity contribution in [1.82, 2.24) is 0 Å². The predicted octanol–water partition coefficient (Wildman–Crippen LogP) is 3.90. The Bertz CT molecular complexity index is 573. The molecule has 2 heteroatoms. The molecule has 0 bridgehead atoms. The predicted molar refractivity (Wildman–Crippen MR) is 79.9 cm³/mol. The molecule has 0 saturated heterocycles. The molecular weight excluding hydrogens is 234 g/mol. The Kier molecular flexibility index (Phi) is 4.51. The molecule has 0 aliphatic heterocycles. The summed E-state index contributed by atoms with van der Waals surface area (Å²) in [5, 5.41) is 2.86. The van der Waals surface area contributed by atoms with Crippen LogP contribution in [0.15, 0.2) is 60.7 Å². The van der Waals surface area contributed by atoms with Gasteiger partial charge in [0, 0.05) is 11.8 Å². The Morgan fingerprint density at radius 1 is 1.11 bits per heavy atom. The maximum absolute atomic E-state index is 11.8. The monoisotopic (exact) mass is 251 g/mol. The number of benzene rings is 2. The highest BCUT2D eigenvalue weighted by molar-refractivity contribution is 6.01. The number of hydrogen-bond acceptors (Lipinski definition) is 1. The van der Waals surface area contributed by atoms with E-state index in [0.29, 0.717) is 0 Å². The lowest BCUT2D eigenvalue weighted by Gasteiger charge is -2.04. The van der Waals surface area contributed by atoms with Crippen LogP contribution in [0.1, 0.15) is 18.1 Å². The molecule has 2 nitrogen and oxygen atoms in total. The van der Waals surface area contributed by atoms with Crippen LogP contribution < -0.4 is 5.32 Å². The lowest BCUT2D eigenvalue weighted by atomic mass is 10.1. The van der Waals surface area contributed by atoms with Crippen molar-refractivity contribution < 1.29 is 4.79 Å². The molecule has 2 aromatic rings. The van der Waals surface area contributed by atoms with Crippen molar-refractivity contribution in [3.63, 3.8) is 0 Å². The van der Waals surface area contributed by atoms with Gasteiger partial charge in [0.05, 0.1) is 0 Å². The lowest BCUT2D eigenvalue weighted by Crippen LogP contribution is -2.07. The van der Waals surface area contributed by atoms with Gasteiger partial charge in [0.1, 0.15) is 0 Å². The average molecular weight is 251 g/mol. The SMILES string of the molecule is CCc1cccc(NC(=O)/C=C/c2ccccc2)c1. The van der Waals surface area contributed by atoms with Crippen LogP contribution in [0.25, 0.3) is 6.08 Å². The normalized spacial score (nSPS) is 10.6. The van der Waals surface area contributed by atoms with Gasteiger partial charge in [0.15, 0.2) is 0 Å². The van der Waals surface area contributed by atoms with Crippen molar-refractivity contribution in [3.8, 4) is 0 Å². The van der Waals surface area contributed by atoms with E-state index in [2.05, 4.69) is 18.3 Å². The van der Waals surface area contributed by atoms with Gasteiger partial charge in [-0.15, -0.1) is 0 Å². The number of anilines is 1. The molecule has 2 aromatic carbocycles. The summed E-state index contributed by atoms with van der Waals surface area (Å²) < 4.78 is 0. The van der Waals surface area contributed by atoms with Gasteiger partial charge in [-0.25, -0.2) is 0 Å². The summed E-state index contributed by atoms with van der Waals surface area (Å²) in [6.07, 6.45) is 4.32. The third kappa shape index (κ3) is 4.11. The van der Waals surface area contributed by atoms with E-state index in [1.54, 1.807) is 12.2 Å². The van der Waals surface area contributed by atoms with E-state index >= 15 is 0 Å². The number of nitrogens with one attached hydrogen (secondary N) is 1. The molecule has 0 radical (unpaired) electrons. The molecule has 0 spiro atoms. The first-order valence-electron chi connectivity index (χ1n) is 6.41. The summed E-state index contributed by atoms with van der Waals surface area (Å²) in [7, 11) is 0. The summed E-state index contributed by atoms with van der Waals surface area (Å²) in [5.74, 6) is -0.114. The third-order valence-electron chi connectivity index (χ3n) is 2.83. The van der Waals surface area contributed by atoms with E-state index in [1.165, 1.54) is 5.56 Å². The van der Waals surface area contributed by atoms with Crippen LogP contribution in [0.4, 0.5) is 5.69 Å². The fourth-order valence-electron chi connectivity index (χ4n) is 1.79. The minimum atomic E-state index is -0.114. The molecule has 0 heterocycles. The van der Waals surface area contributed by atoms with Crippen LogP contribution >= 0.6 is 0 Å². The summed E-state index contributed by atoms with van der Waals surface area (Å²) in [6.45, 7) is 2.09. The second-order valence-electron chi connectivity index (χ2n) is 4.29. The molecular formula is C17H17NO. The molecule has 0 atom stereocenters. The molecule has 96 valence electrons. The summed E-state index contributed by atoms with van der Waals surface area (Å²) in [4.78, 5) is 11.8. The van der Waals surface area contributed by atoms with Gasteiger partial charge in [0.25, 0.3) is 0 Å². The Balaban J connectivity index is 1.99. The quantitative estimate of drug-likeness (QED) is 0.820. The highest BCUT2D eigenvalue weighted by Gasteiger charge is 1.98. The highest BCUT2D eigenvalue weighted by Crippen LogP contribution is 2.11. The zero-order chi connectivity index (χ0) is 13.5. The minimum absolute atomic E-state index is 0.114. The number of rotatable bonds is 4. The zero-order valence-electron chi connectivity index (χ0n) is 11.0. The van der Waals surface area contributed by atoms with Gasteiger partial charge < -0.3 is 5.32 Å². The number of aryl methyl sites for hydroxylation is 1. The Labute approximate surface area is 113 Å². The molecule has 0 fully saturated rings. The van der Waals surface area contributed by atoms with Crippen LogP contribution in [0.2, 0.25) is 0 Å².